The molecule has 0 fully saturated rings. The molecular weight excluding hydrogens is 504 g/mol. The Kier molecular flexibility index (Phi) is 9.39. The lowest BCUT2D eigenvalue weighted by Gasteiger charge is -2.27. The lowest BCUT2D eigenvalue weighted by Crippen LogP contribution is -2.22. The van der Waals surface area contributed by atoms with Gasteiger partial charge in [-0.3, -0.25) is 4.79 Å². The molecule has 2 aromatic carbocycles. The van der Waals surface area contributed by atoms with Crippen LogP contribution in [0.25, 0.3) is 11.6 Å². The predicted octanol–water partition coefficient (Wildman–Crippen LogP) is 5.42. The molecule has 0 amide bonds. The number of rotatable bonds is 4. The number of aryl methyl sites for hydroxylation is 2. The average Bonchev–Trinajstić information content (AvgIpc) is 3.61. The van der Waals surface area contributed by atoms with E-state index in [1.54, 1.807) is 0 Å². The van der Waals surface area contributed by atoms with Crippen LogP contribution in [0.2, 0.25) is 0 Å². The minimum absolute atomic E-state index is 0.0124. The van der Waals surface area contributed by atoms with Gasteiger partial charge in [0.25, 0.3) is 0 Å². The number of nitrogens with zero attached hydrogens (tertiary/aromatic N) is 8. The summed E-state index contributed by atoms with van der Waals surface area (Å²) in [6.45, 7) is 3.19. The predicted molar refractivity (Wildman–Crippen MR) is 151 cm³/mol. The second kappa shape index (κ2) is 13.7. The Labute approximate surface area is 234 Å². The number of ether oxygens (including phenoxy) is 1. The van der Waals surface area contributed by atoms with Crippen molar-refractivity contribution in [3.05, 3.63) is 83.4 Å². The van der Waals surface area contributed by atoms with E-state index in [0.29, 0.717) is 0 Å². The van der Waals surface area contributed by atoms with E-state index in [0.717, 1.165) is 68.8 Å². The quantitative estimate of drug-likeness (QED) is 0.315. The second-order valence-corrected chi connectivity index (χ2v) is 10.3. The van der Waals surface area contributed by atoms with Crippen LogP contribution in [0.4, 0.5) is 0 Å². The zero-order valence-electron chi connectivity index (χ0n) is 23.0. The highest BCUT2D eigenvalue weighted by Crippen LogP contribution is 2.38. The van der Waals surface area contributed by atoms with Crippen LogP contribution in [0.3, 0.4) is 0 Å². The van der Waals surface area contributed by atoms with Crippen molar-refractivity contribution in [1.82, 2.24) is 40.4 Å². The zero-order valence-corrected chi connectivity index (χ0v) is 23.0. The highest BCUT2D eigenvalue weighted by Gasteiger charge is 2.32. The van der Waals surface area contributed by atoms with Crippen LogP contribution in [-0.2, 0) is 22.6 Å². The normalized spacial score (nSPS) is 18.9. The number of allylic oxidation sites excluding steroid dienone is 1. The smallest absolute Gasteiger partial charge is 0.303 e. The van der Waals surface area contributed by atoms with E-state index in [2.05, 4.69) is 61.4 Å². The first kappa shape index (κ1) is 27.4. The third-order valence-electron chi connectivity index (χ3n) is 7.34. The van der Waals surface area contributed by atoms with Crippen molar-refractivity contribution in [3.8, 4) is 0 Å². The number of carbonyl (C=O) groups excluding carboxylic acids is 1. The molecule has 0 N–H and O–H groups in total. The largest absolute Gasteiger partial charge is 0.457 e. The molecule has 208 valence electrons. The minimum atomic E-state index is -0.346. The average molecular weight is 541 g/mol. The van der Waals surface area contributed by atoms with E-state index in [4.69, 9.17) is 4.74 Å². The maximum Gasteiger partial charge on any atom is 0.303 e. The summed E-state index contributed by atoms with van der Waals surface area (Å²) in [5.74, 6) is 1.45. The van der Waals surface area contributed by atoms with E-state index in [1.807, 2.05) is 45.8 Å². The van der Waals surface area contributed by atoms with Crippen molar-refractivity contribution in [2.24, 2.45) is 0 Å². The number of tetrazole rings is 2. The number of esters is 1. The first-order chi connectivity index (χ1) is 19.7. The third-order valence-corrected chi connectivity index (χ3v) is 7.34. The highest BCUT2D eigenvalue weighted by atomic mass is 16.5. The van der Waals surface area contributed by atoms with Crippen molar-refractivity contribution in [2.45, 2.75) is 83.4 Å². The Bertz CT molecular complexity index is 1380. The summed E-state index contributed by atoms with van der Waals surface area (Å²) in [4.78, 5) is 11.6. The van der Waals surface area contributed by atoms with Gasteiger partial charge in [-0.05, 0) is 75.7 Å². The maximum atomic E-state index is 11.6. The lowest BCUT2D eigenvalue weighted by atomic mass is 9.89. The van der Waals surface area contributed by atoms with Gasteiger partial charge < -0.3 is 4.74 Å². The molecular formula is C30H36N8O2. The monoisotopic (exact) mass is 540 g/mol. The topological polar surface area (TPSA) is 114 Å². The molecule has 0 spiro atoms. The van der Waals surface area contributed by atoms with Gasteiger partial charge in [-0.1, -0.05) is 79.9 Å². The van der Waals surface area contributed by atoms with Gasteiger partial charge in [0, 0.05) is 20.0 Å². The Hall–Kier alpha value is -4.21. The van der Waals surface area contributed by atoms with Crippen LogP contribution in [0, 0.1) is 0 Å². The third kappa shape index (κ3) is 7.05. The van der Waals surface area contributed by atoms with Crippen LogP contribution in [-0.4, -0.2) is 46.4 Å². The molecule has 2 aliphatic rings. The Morgan fingerprint density at radius 3 is 2.30 bits per heavy atom. The minimum Gasteiger partial charge on any atom is -0.457 e. The van der Waals surface area contributed by atoms with E-state index >= 15 is 0 Å². The lowest BCUT2D eigenvalue weighted by molar-refractivity contribution is -0.148. The first-order valence-electron chi connectivity index (χ1n) is 14.2. The summed E-state index contributed by atoms with van der Waals surface area (Å²) >= 11 is 0. The summed E-state index contributed by atoms with van der Waals surface area (Å²) in [6.07, 6.45) is 10.7. The van der Waals surface area contributed by atoms with Crippen molar-refractivity contribution >= 4 is 17.6 Å². The van der Waals surface area contributed by atoms with Gasteiger partial charge in [0.05, 0.1) is 5.92 Å². The van der Waals surface area contributed by atoms with Gasteiger partial charge in [0.2, 0.25) is 0 Å². The molecule has 0 aliphatic carbocycles. The number of benzene rings is 2. The van der Waals surface area contributed by atoms with Crippen LogP contribution < -0.4 is 0 Å². The fourth-order valence-corrected chi connectivity index (χ4v) is 5.40. The summed E-state index contributed by atoms with van der Waals surface area (Å²) in [5.41, 5.74) is 3.44. The Morgan fingerprint density at radius 2 is 1.52 bits per heavy atom. The van der Waals surface area contributed by atoms with E-state index in [9.17, 15) is 4.79 Å². The molecule has 2 aliphatic heterocycles. The molecule has 0 saturated heterocycles. The number of fused-ring (bicyclic) bond motifs is 2. The molecule has 6 rings (SSSR count). The molecule has 10 nitrogen and oxygen atoms in total. The van der Waals surface area contributed by atoms with Gasteiger partial charge in [0.1, 0.15) is 6.10 Å². The Morgan fingerprint density at radius 1 is 0.850 bits per heavy atom. The molecule has 2 unspecified atom stereocenters. The van der Waals surface area contributed by atoms with Crippen LogP contribution in [0.15, 0.2) is 60.7 Å². The molecule has 2 aromatic heterocycles. The number of aromatic nitrogens is 8. The molecule has 10 heteroatoms. The van der Waals surface area contributed by atoms with Crippen molar-refractivity contribution in [3.63, 3.8) is 0 Å². The van der Waals surface area contributed by atoms with E-state index in [-0.39, 0.29) is 18.0 Å². The summed E-state index contributed by atoms with van der Waals surface area (Å²) in [7, 11) is 0. The summed E-state index contributed by atoms with van der Waals surface area (Å²) < 4.78 is 9.43. The summed E-state index contributed by atoms with van der Waals surface area (Å²) in [6, 6.07) is 20.2. The molecule has 40 heavy (non-hydrogen) atoms. The number of hydrogen-bond donors (Lipinski definition) is 0. The van der Waals surface area contributed by atoms with Crippen molar-refractivity contribution in [1.29, 1.82) is 0 Å². The zero-order chi connectivity index (χ0) is 27.6. The standard InChI is InChI=1S/C16H20N4O2.C14H16N4/c1-12(21)22-15(13-8-4-2-5-9-13)14-10-6-3-7-11-20-16(14)17-18-19-20;1-3-7-12(8-4-1)11-13-9-5-2-6-10-18-14(13)15-16-17-18/h2,4-5,8-9,14-15H,3,6-7,10-11H2,1H3;1,3-4,7-8,11H,2,5-6,9-10H2. The van der Waals surface area contributed by atoms with Gasteiger partial charge in [-0.15, -0.1) is 10.2 Å². The van der Waals surface area contributed by atoms with Crippen LogP contribution in [0.5, 0.6) is 0 Å². The van der Waals surface area contributed by atoms with E-state index < -0.39 is 0 Å². The maximum absolute atomic E-state index is 11.6. The molecule has 0 saturated carbocycles. The molecule has 2 atom stereocenters. The van der Waals surface area contributed by atoms with Gasteiger partial charge >= 0.3 is 5.97 Å². The molecule has 4 aromatic rings. The number of carbonyl (C=O) groups is 1. The van der Waals surface area contributed by atoms with Crippen molar-refractivity contribution < 1.29 is 9.53 Å². The van der Waals surface area contributed by atoms with Crippen molar-refractivity contribution in [2.75, 3.05) is 0 Å². The fraction of sp³-hybridized carbons (Fsp3) is 0.433. The Balaban J connectivity index is 0.000000164. The van der Waals surface area contributed by atoms with Gasteiger partial charge in [-0.2, -0.15) is 0 Å². The molecule has 0 bridgehead atoms. The highest BCUT2D eigenvalue weighted by molar-refractivity contribution is 5.78. The second-order valence-electron chi connectivity index (χ2n) is 10.3. The number of hydrogen-bond acceptors (Lipinski definition) is 8. The van der Waals surface area contributed by atoms with Crippen LogP contribution in [0.1, 0.15) is 93.1 Å². The van der Waals surface area contributed by atoms with E-state index in [1.165, 1.54) is 30.9 Å². The summed E-state index contributed by atoms with van der Waals surface area (Å²) in [5, 5.41) is 24.1. The van der Waals surface area contributed by atoms with Gasteiger partial charge in [0.15, 0.2) is 11.6 Å². The molecule has 0 radical (unpaired) electrons. The fourth-order valence-electron chi connectivity index (χ4n) is 5.40. The van der Waals surface area contributed by atoms with Crippen LogP contribution >= 0.6 is 0 Å². The molecule has 4 heterocycles. The van der Waals surface area contributed by atoms with Gasteiger partial charge in [-0.25, -0.2) is 9.36 Å². The first-order valence-corrected chi connectivity index (χ1v) is 14.2. The SMILES string of the molecule is C(=C1CCCCCn2nnnc21)c1ccccc1.CC(=O)OC(c1ccccc1)C1CCCCCn2nnnc21.